The van der Waals surface area contributed by atoms with Gasteiger partial charge in [0.15, 0.2) is 8.32 Å². The first-order valence-corrected chi connectivity index (χ1v) is 16.9. The fourth-order valence-corrected chi connectivity index (χ4v) is 4.86. The number of halogens is 1. The van der Waals surface area contributed by atoms with E-state index >= 15 is 0 Å². The van der Waals surface area contributed by atoms with E-state index < -0.39 is 14.1 Å². The Morgan fingerprint density at radius 1 is 1.00 bits per heavy atom. The summed E-state index contributed by atoms with van der Waals surface area (Å²) in [5.41, 5.74) is 1.24. The molecule has 224 valence electrons. The number of nitrogens with one attached hydrogen (secondary N) is 1. The summed E-state index contributed by atoms with van der Waals surface area (Å²) in [6, 6.07) is 9.83. The van der Waals surface area contributed by atoms with E-state index in [1.54, 1.807) is 29.2 Å². The standard InChI is InChI=1S/C31H40FN5O4Si/c1-30(2,3)37-19-22(18-35-37)36-28(38)15-21-9-10-24(17-26(21)32)41-29-25-16-23(11-12-27(25)33-20-34-29)39-13-14-40-42(7,8)31(4,5)6/h9-12,16-20H,13-15H2,1-8H3,(H,36,38). The molecule has 0 aliphatic heterocycles. The molecule has 0 radical (unpaired) electrons. The maximum atomic E-state index is 15.0. The molecule has 0 aliphatic rings. The Hall–Kier alpha value is -3.83. The van der Waals surface area contributed by atoms with Gasteiger partial charge in [-0.2, -0.15) is 5.10 Å². The van der Waals surface area contributed by atoms with Crippen LogP contribution in [-0.4, -0.2) is 47.2 Å². The van der Waals surface area contributed by atoms with E-state index in [9.17, 15) is 9.18 Å². The SMILES string of the molecule is CC(C)(C)n1cc(NC(=O)Cc2ccc(Oc3ncnc4ccc(OCCO[Si](C)(C)C(C)(C)C)cc34)cc2F)cn1. The minimum atomic E-state index is -1.86. The smallest absolute Gasteiger partial charge is 0.230 e. The third-order valence-electron chi connectivity index (χ3n) is 7.34. The number of rotatable bonds is 10. The number of anilines is 1. The maximum Gasteiger partial charge on any atom is 0.230 e. The van der Waals surface area contributed by atoms with Gasteiger partial charge in [0.1, 0.15) is 30.3 Å². The Labute approximate surface area is 247 Å². The monoisotopic (exact) mass is 593 g/mol. The lowest BCUT2D eigenvalue weighted by Crippen LogP contribution is -2.41. The molecule has 1 amide bonds. The summed E-state index contributed by atoms with van der Waals surface area (Å²) in [6.07, 6.45) is 4.57. The van der Waals surface area contributed by atoms with Crippen molar-refractivity contribution in [3.63, 3.8) is 0 Å². The molecule has 9 nitrogen and oxygen atoms in total. The summed E-state index contributed by atoms with van der Waals surface area (Å²) in [4.78, 5) is 21.1. The number of nitrogens with zero attached hydrogens (tertiary/aromatic N) is 4. The van der Waals surface area contributed by atoms with Gasteiger partial charge in [0.25, 0.3) is 0 Å². The topological polar surface area (TPSA) is 100 Å². The third-order valence-corrected chi connectivity index (χ3v) is 11.9. The molecule has 11 heteroatoms. The van der Waals surface area contributed by atoms with Gasteiger partial charge in [-0.1, -0.05) is 26.8 Å². The maximum absolute atomic E-state index is 15.0. The van der Waals surface area contributed by atoms with Crippen molar-refractivity contribution >= 4 is 30.8 Å². The molecule has 2 aromatic heterocycles. The van der Waals surface area contributed by atoms with Gasteiger partial charge in [-0.25, -0.2) is 14.4 Å². The number of carbonyl (C=O) groups excluding carboxylic acids is 1. The summed E-state index contributed by atoms with van der Waals surface area (Å²) >= 11 is 0. The summed E-state index contributed by atoms with van der Waals surface area (Å²) < 4.78 is 34.8. The lowest BCUT2D eigenvalue weighted by molar-refractivity contribution is -0.115. The minimum absolute atomic E-state index is 0.126. The fraction of sp³-hybridized carbons (Fsp3) is 0.419. The number of aromatic nitrogens is 4. The van der Waals surface area contributed by atoms with Crippen LogP contribution in [0.1, 0.15) is 47.1 Å². The zero-order valence-corrected chi connectivity index (χ0v) is 26.6. The molecule has 42 heavy (non-hydrogen) atoms. The van der Waals surface area contributed by atoms with E-state index in [4.69, 9.17) is 13.9 Å². The average molecular weight is 594 g/mol. The largest absolute Gasteiger partial charge is 0.491 e. The van der Waals surface area contributed by atoms with E-state index in [0.717, 1.165) is 0 Å². The molecular weight excluding hydrogens is 553 g/mol. The van der Waals surface area contributed by atoms with Crippen molar-refractivity contribution in [1.82, 2.24) is 19.7 Å². The molecule has 0 atom stereocenters. The second-order valence-electron chi connectivity index (χ2n) is 12.7. The molecule has 0 fully saturated rings. The Balaban J connectivity index is 1.40. The summed E-state index contributed by atoms with van der Waals surface area (Å²) in [6.45, 7) is 17.9. The van der Waals surface area contributed by atoms with Crippen molar-refractivity contribution in [2.45, 2.75) is 71.6 Å². The van der Waals surface area contributed by atoms with Crippen LogP contribution >= 0.6 is 0 Å². The molecule has 0 saturated carbocycles. The summed E-state index contributed by atoms with van der Waals surface area (Å²) in [5.74, 6) is 0.236. The number of hydrogen-bond acceptors (Lipinski definition) is 7. The van der Waals surface area contributed by atoms with E-state index in [2.05, 4.69) is 54.2 Å². The van der Waals surface area contributed by atoms with E-state index in [0.29, 0.717) is 35.6 Å². The second kappa shape index (κ2) is 12.2. The van der Waals surface area contributed by atoms with E-state index in [-0.39, 0.29) is 40.1 Å². The highest BCUT2D eigenvalue weighted by molar-refractivity contribution is 6.74. The summed E-state index contributed by atoms with van der Waals surface area (Å²) in [5, 5.41) is 7.79. The number of hydrogen-bond donors (Lipinski definition) is 1. The Morgan fingerprint density at radius 2 is 1.74 bits per heavy atom. The van der Waals surface area contributed by atoms with Gasteiger partial charge >= 0.3 is 0 Å². The summed E-state index contributed by atoms with van der Waals surface area (Å²) in [7, 11) is -1.86. The average Bonchev–Trinajstić information content (AvgIpc) is 3.37. The van der Waals surface area contributed by atoms with Gasteiger partial charge in [-0.05, 0) is 68.7 Å². The van der Waals surface area contributed by atoms with Crippen molar-refractivity contribution in [1.29, 1.82) is 0 Å². The first-order valence-electron chi connectivity index (χ1n) is 14.0. The van der Waals surface area contributed by atoms with Crippen LogP contribution in [0.3, 0.4) is 0 Å². The van der Waals surface area contributed by atoms with Crippen LogP contribution in [0.5, 0.6) is 17.4 Å². The lowest BCUT2D eigenvalue weighted by Gasteiger charge is -2.36. The molecular formula is C31H40FN5O4Si. The first kappa shape index (κ1) is 31.1. The number of ether oxygens (including phenoxy) is 2. The molecule has 0 aliphatic carbocycles. The normalized spacial score (nSPS) is 12.4. The molecule has 2 heterocycles. The molecule has 1 N–H and O–H groups in total. The molecule has 0 spiro atoms. The van der Waals surface area contributed by atoms with Gasteiger partial charge in [0, 0.05) is 12.3 Å². The zero-order chi connectivity index (χ0) is 30.7. The lowest BCUT2D eigenvalue weighted by atomic mass is 10.1. The van der Waals surface area contributed by atoms with Crippen molar-refractivity contribution in [3.8, 4) is 17.4 Å². The highest BCUT2D eigenvalue weighted by atomic mass is 28.4. The van der Waals surface area contributed by atoms with Gasteiger partial charge in [-0.3, -0.25) is 9.48 Å². The predicted molar refractivity (Wildman–Crippen MR) is 164 cm³/mol. The first-order chi connectivity index (χ1) is 19.6. The predicted octanol–water partition coefficient (Wildman–Crippen LogP) is 7.09. The van der Waals surface area contributed by atoms with Crippen LogP contribution in [0.25, 0.3) is 10.9 Å². The van der Waals surface area contributed by atoms with Gasteiger partial charge in [0.05, 0.1) is 41.4 Å². The molecule has 0 unspecified atom stereocenters. The number of carbonyl (C=O) groups is 1. The van der Waals surface area contributed by atoms with Crippen molar-refractivity contribution in [3.05, 3.63) is 66.5 Å². The van der Waals surface area contributed by atoms with Crippen LogP contribution in [0, 0.1) is 5.82 Å². The highest BCUT2D eigenvalue weighted by Gasteiger charge is 2.36. The molecule has 4 rings (SSSR count). The second-order valence-corrected chi connectivity index (χ2v) is 17.5. The number of amides is 1. The Bertz CT molecular complexity index is 1560. The zero-order valence-electron chi connectivity index (χ0n) is 25.6. The Kier molecular flexibility index (Phi) is 9.03. The van der Waals surface area contributed by atoms with Crippen LogP contribution in [0.15, 0.2) is 55.1 Å². The van der Waals surface area contributed by atoms with Crippen LogP contribution in [-0.2, 0) is 21.2 Å². The highest BCUT2D eigenvalue weighted by Crippen LogP contribution is 2.36. The molecule has 0 saturated heterocycles. The van der Waals surface area contributed by atoms with Crippen LogP contribution in [0.2, 0.25) is 18.1 Å². The molecule has 2 aromatic carbocycles. The number of benzene rings is 2. The van der Waals surface area contributed by atoms with Crippen molar-refractivity contribution in [2.24, 2.45) is 0 Å². The van der Waals surface area contributed by atoms with Crippen molar-refractivity contribution in [2.75, 3.05) is 18.5 Å². The quantitative estimate of drug-likeness (QED) is 0.155. The fourth-order valence-electron chi connectivity index (χ4n) is 3.83. The van der Waals surface area contributed by atoms with Gasteiger partial charge < -0.3 is 19.2 Å². The van der Waals surface area contributed by atoms with E-state index in [1.165, 1.54) is 18.5 Å². The third kappa shape index (κ3) is 7.71. The molecule has 4 aromatic rings. The molecule has 0 bridgehead atoms. The van der Waals surface area contributed by atoms with E-state index in [1.807, 2.05) is 32.9 Å². The van der Waals surface area contributed by atoms with Crippen molar-refractivity contribution < 1.29 is 23.1 Å². The van der Waals surface area contributed by atoms with Gasteiger partial charge in [-0.15, -0.1) is 0 Å². The van der Waals surface area contributed by atoms with Gasteiger partial charge in [0.2, 0.25) is 11.8 Å². The van der Waals surface area contributed by atoms with Crippen LogP contribution < -0.4 is 14.8 Å². The van der Waals surface area contributed by atoms with Crippen LogP contribution in [0.4, 0.5) is 10.1 Å². The Morgan fingerprint density at radius 3 is 2.40 bits per heavy atom. The minimum Gasteiger partial charge on any atom is -0.491 e. The number of fused-ring (bicyclic) bond motifs is 1.